The lowest BCUT2D eigenvalue weighted by Gasteiger charge is -2.14. The van der Waals surface area contributed by atoms with Crippen molar-refractivity contribution in [1.29, 1.82) is 0 Å². The molecule has 0 spiro atoms. The molecule has 120 valence electrons. The first-order valence-corrected chi connectivity index (χ1v) is 8.39. The Kier molecular flexibility index (Phi) is 3.78. The molecular weight excluding hydrogens is 318 g/mol. The molecule has 0 N–H and O–H groups in total. The molecule has 23 heavy (non-hydrogen) atoms. The van der Waals surface area contributed by atoms with E-state index in [2.05, 4.69) is 15.5 Å². The van der Waals surface area contributed by atoms with Crippen LogP contribution in [0.4, 0.5) is 0 Å². The quantitative estimate of drug-likeness (QED) is 0.775. The van der Waals surface area contributed by atoms with Gasteiger partial charge in [-0.3, -0.25) is 4.79 Å². The minimum absolute atomic E-state index is 0.132. The molecule has 0 atom stereocenters. The average Bonchev–Trinajstić information content (AvgIpc) is 3.32. The number of carbonyl (C=O) groups excluding carboxylic acids is 1. The van der Waals surface area contributed by atoms with Crippen molar-refractivity contribution < 1.29 is 14.3 Å². The van der Waals surface area contributed by atoms with Crippen LogP contribution in [-0.4, -0.2) is 56.6 Å². The number of rotatable bonds is 4. The Bertz CT molecular complexity index is 729. The van der Waals surface area contributed by atoms with Crippen LogP contribution in [0.3, 0.4) is 0 Å². The first-order valence-electron chi connectivity index (χ1n) is 7.40. The fraction of sp³-hybridized carbons (Fsp3) is 0.429. The van der Waals surface area contributed by atoms with Crippen molar-refractivity contribution >= 4 is 17.7 Å². The normalized spacial score (nSPS) is 16.1. The summed E-state index contributed by atoms with van der Waals surface area (Å²) in [6.07, 6.45) is 2.18. The van der Waals surface area contributed by atoms with Crippen LogP contribution in [0.25, 0.3) is 5.69 Å². The van der Waals surface area contributed by atoms with Crippen molar-refractivity contribution in [3.05, 3.63) is 18.2 Å². The summed E-state index contributed by atoms with van der Waals surface area (Å²) >= 11 is 1.34. The van der Waals surface area contributed by atoms with E-state index >= 15 is 0 Å². The number of hydrogen-bond acceptors (Lipinski definition) is 7. The molecule has 8 nitrogen and oxygen atoms in total. The monoisotopic (exact) mass is 333 g/mol. The summed E-state index contributed by atoms with van der Waals surface area (Å²) in [5, 5.41) is 12.3. The fourth-order valence-corrected chi connectivity index (χ4v) is 3.43. The number of thioether (sulfide) groups is 1. The van der Waals surface area contributed by atoms with Crippen molar-refractivity contribution in [2.45, 2.75) is 18.0 Å². The van der Waals surface area contributed by atoms with Crippen LogP contribution in [0.5, 0.6) is 11.5 Å². The average molecular weight is 333 g/mol. The first kappa shape index (κ1) is 14.3. The number of aromatic nitrogens is 4. The smallest absolute Gasteiger partial charge is 0.233 e. The Morgan fingerprint density at radius 3 is 2.91 bits per heavy atom. The standard InChI is InChI=1S/C14H15N5O3S/c20-13(18-5-1-2-6-18)8-23-14-15-16-17-19(14)10-3-4-11-12(7-10)22-9-21-11/h3-4,7H,1-2,5-6,8-9H2. The van der Waals surface area contributed by atoms with Gasteiger partial charge in [0, 0.05) is 19.2 Å². The molecule has 1 saturated heterocycles. The van der Waals surface area contributed by atoms with Crippen LogP contribution in [0.1, 0.15) is 12.8 Å². The molecule has 3 heterocycles. The van der Waals surface area contributed by atoms with Gasteiger partial charge >= 0.3 is 0 Å². The van der Waals surface area contributed by atoms with Crippen LogP contribution in [-0.2, 0) is 4.79 Å². The minimum Gasteiger partial charge on any atom is -0.454 e. The second-order valence-corrected chi connectivity index (χ2v) is 6.23. The molecule has 1 aromatic carbocycles. The summed E-state index contributed by atoms with van der Waals surface area (Å²) in [6.45, 7) is 1.93. The third-order valence-corrected chi connectivity index (χ3v) is 4.73. The Balaban J connectivity index is 1.48. The third-order valence-electron chi connectivity index (χ3n) is 3.83. The molecule has 1 aromatic heterocycles. The van der Waals surface area contributed by atoms with Gasteiger partial charge in [0.05, 0.1) is 11.4 Å². The second-order valence-electron chi connectivity index (χ2n) is 5.29. The number of amides is 1. The number of benzene rings is 1. The molecule has 2 aromatic rings. The minimum atomic E-state index is 0.132. The number of hydrogen-bond donors (Lipinski definition) is 0. The fourth-order valence-electron chi connectivity index (χ4n) is 2.63. The molecule has 2 aliphatic heterocycles. The number of likely N-dealkylation sites (tertiary alicyclic amines) is 1. The Morgan fingerprint density at radius 1 is 1.22 bits per heavy atom. The number of carbonyl (C=O) groups is 1. The number of tetrazole rings is 1. The zero-order chi connectivity index (χ0) is 15.6. The van der Waals surface area contributed by atoms with Gasteiger partial charge in [0.1, 0.15) is 0 Å². The van der Waals surface area contributed by atoms with E-state index in [4.69, 9.17) is 9.47 Å². The van der Waals surface area contributed by atoms with Crippen LogP contribution < -0.4 is 9.47 Å². The van der Waals surface area contributed by atoms with Gasteiger partial charge in [-0.1, -0.05) is 11.8 Å². The summed E-state index contributed by atoms with van der Waals surface area (Å²) in [5.74, 6) is 1.85. The molecule has 0 radical (unpaired) electrons. The molecule has 1 fully saturated rings. The van der Waals surface area contributed by atoms with Crippen LogP contribution in [0, 0.1) is 0 Å². The third kappa shape index (κ3) is 2.83. The Hall–Kier alpha value is -2.29. The van der Waals surface area contributed by atoms with E-state index in [1.54, 1.807) is 4.68 Å². The van der Waals surface area contributed by atoms with Crippen molar-refractivity contribution in [3.63, 3.8) is 0 Å². The summed E-state index contributed by atoms with van der Waals surface area (Å²) in [6, 6.07) is 5.50. The van der Waals surface area contributed by atoms with Gasteiger partial charge in [-0.05, 0) is 35.4 Å². The van der Waals surface area contributed by atoms with E-state index in [0.29, 0.717) is 22.4 Å². The lowest BCUT2D eigenvalue weighted by molar-refractivity contribution is -0.127. The van der Waals surface area contributed by atoms with E-state index in [-0.39, 0.29) is 12.7 Å². The molecule has 0 unspecified atom stereocenters. The van der Waals surface area contributed by atoms with Crippen molar-refractivity contribution in [3.8, 4) is 17.2 Å². The van der Waals surface area contributed by atoms with Gasteiger partial charge in [0.25, 0.3) is 0 Å². The van der Waals surface area contributed by atoms with Crippen LogP contribution >= 0.6 is 11.8 Å². The highest BCUT2D eigenvalue weighted by Gasteiger charge is 2.20. The zero-order valence-electron chi connectivity index (χ0n) is 12.3. The van der Waals surface area contributed by atoms with E-state index in [1.807, 2.05) is 23.1 Å². The molecule has 0 saturated carbocycles. The largest absolute Gasteiger partial charge is 0.454 e. The number of nitrogens with zero attached hydrogens (tertiary/aromatic N) is 5. The SMILES string of the molecule is O=C(CSc1nnnn1-c1ccc2c(c1)OCO2)N1CCCC1. The van der Waals surface area contributed by atoms with E-state index < -0.39 is 0 Å². The zero-order valence-corrected chi connectivity index (χ0v) is 13.2. The summed E-state index contributed by atoms with van der Waals surface area (Å²) in [4.78, 5) is 14.0. The Labute approximate surface area is 136 Å². The highest BCUT2D eigenvalue weighted by atomic mass is 32.2. The predicted molar refractivity (Wildman–Crippen MR) is 81.8 cm³/mol. The summed E-state index contributed by atoms with van der Waals surface area (Å²) in [5.41, 5.74) is 0.773. The Morgan fingerprint density at radius 2 is 2.04 bits per heavy atom. The van der Waals surface area contributed by atoms with Gasteiger partial charge in [-0.25, -0.2) is 0 Å². The lowest BCUT2D eigenvalue weighted by Crippen LogP contribution is -2.29. The van der Waals surface area contributed by atoms with E-state index in [0.717, 1.165) is 31.6 Å². The van der Waals surface area contributed by atoms with Crippen molar-refractivity contribution in [2.75, 3.05) is 25.6 Å². The maximum absolute atomic E-state index is 12.1. The van der Waals surface area contributed by atoms with Crippen molar-refractivity contribution in [2.24, 2.45) is 0 Å². The maximum Gasteiger partial charge on any atom is 0.233 e. The number of fused-ring (bicyclic) bond motifs is 1. The molecule has 9 heteroatoms. The van der Waals surface area contributed by atoms with Crippen LogP contribution in [0.15, 0.2) is 23.4 Å². The van der Waals surface area contributed by atoms with Crippen LogP contribution in [0.2, 0.25) is 0 Å². The lowest BCUT2D eigenvalue weighted by atomic mass is 10.3. The van der Waals surface area contributed by atoms with Gasteiger partial charge in [-0.2, -0.15) is 4.68 Å². The summed E-state index contributed by atoms with van der Waals surface area (Å²) < 4.78 is 12.3. The highest BCUT2D eigenvalue weighted by Crippen LogP contribution is 2.34. The van der Waals surface area contributed by atoms with Gasteiger partial charge in [-0.15, -0.1) is 5.10 Å². The van der Waals surface area contributed by atoms with Gasteiger partial charge in [0.15, 0.2) is 11.5 Å². The molecule has 2 aliphatic rings. The predicted octanol–water partition coefficient (Wildman–Crippen LogP) is 1.11. The van der Waals surface area contributed by atoms with Crippen molar-refractivity contribution in [1.82, 2.24) is 25.1 Å². The van der Waals surface area contributed by atoms with E-state index in [9.17, 15) is 4.79 Å². The topological polar surface area (TPSA) is 82.4 Å². The van der Waals surface area contributed by atoms with Gasteiger partial charge < -0.3 is 14.4 Å². The summed E-state index contributed by atoms with van der Waals surface area (Å²) in [7, 11) is 0. The van der Waals surface area contributed by atoms with Gasteiger partial charge in [0.2, 0.25) is 17.9 Å². The molecule has 0 aliphatic carbocycles. The highest BCUT2D eigenvalue weighted by molar-refractivity contribution is 7.99. The second kappa shape index (κ2) is 6.07. The number of ether oxygens (including phenoxy) is 2. The molecular formula is C14H15N5O3S. The maximum atomic E-state index is 12.1. The van der Waals surface area contributed by atoms with E-state index in [1.165, 1.54) is 11.8 Å². The molecule has 1 amide bonds. The molecule has 0 bridgehead atoms. The molecule has 4 rings (SSSR count). The first-order chi connectivity index (χ1) is 11.3.